The Hall–Kier alpha value is -0.590. The monoisotopic (exact) mass is 480 g/mol. The first-order valence-corrected chi connectivity index (χ1v) is 10.0. The van der Waals surface area contributed by atoms with E-state index in [9.17, 15) is 14.7 Å². The van der Waals surface area contributed by atoms with Crippen LogP contribution < -0.4 is 0 Å². The van der Waals surface area contributed by atoms with E-state index in [2.05, 4.69) is 4.74 Å². The number of halogens is 5. The second-order valence-corrected chi connectivity index (χ2v) is 7.40. The zero-order valence-corrected chi connectivity index (χ0v) is 18.4. The molecule has 0 spiro atoms. The molecule has 0 unspecified atom stereocenters. The smallest absolute Gasteiger partial charge is 0.305 e. The summed E-state index contributed by atoms with van der Waals surface area (Å²) in [6.07, 6.45) is 6.48. The van der Waals surface area contributed by atoms with Crippen molar-refractivity contribution in [1.82, 2.24) is 0 Å². The number of methoxy groups -OCH3 is 1. The van der Waals surface area contributed by atoms with E-state index in [1.165, 1.54) is 7.11 Å². The van der Waals surface area contributed by atoms with Crippen LogP contribution in [-0.4, -0.2) is 29.3 Å². The van der Waals surface area contributed by atoms with Crippen LogP contribution in [0.4, 0.5) is 0 Å². The van der Waals surface area contributed by atoms with Crippen LogP contribution in [0.3, 0.4) is 0 Å². The van der Waals surface area contributed by atoms with Crippen LogP contribution >= 0.6 is 58.0 Å². The first kappa shape index (κ1) is 26.4. The minimum atomic E-state index is -0.722. The van der Waals surface area contributed by atoms with Crippen LogP contribution in [0.1, 0.15) is 51.4 Å². The zero-order chi connectivity index (χ0) is 21.0. The van der Waals surface area contributed by atoms with Gasteiger partial charge in [-0.2, -0.15) is 0 Å². The maximum absolute atomic E-state index is 10.7. The number of rotatable bonds is 9. The van der Waals surface area contributed by atoms with Gasteiger partial charge in [-0.25, -0.2) is 0 Å². The number of esters is 1. The van der Waals surface area contributed by atoms with Crippen molar-refractivity contribution < 1.29 is 24.5 Å². The van der Waals surface area contributed by atoms with Crippen molar-refractivity contribution >= 4 is 69.9 Å². The van der Waals surface area contributed by atoms with Crippen molar-refractivity contribution in [2.24, 2.45) is 0 Å². The Morgan fingerprint density at radius 2 is 1.11 bits per heavy atom. The van der Waals surface area contributed by atoms with Crippen LogP contribution in [-0.2, 0) is 14.3 Å². The van der Waals surface area contributed by atoms with E-state index in [1.807, 2.05) is 0 Å². The number of carboxylic acid groups (broad SMARTS) is 1. The number of unbranched alkanes of at least 4 members (excludes halogenated alkanes) is 5. The maximum Gasteiger partial charge on any atom is 0.305 e. The van der Waals surface area contributed by atoms with Crippen molar-refractivity contribution in [3.63, 3.8) is 0 Å². The molecule has 1 rings (SSSR count). The quantitative estimate of drug-likeness (QED) is 0.171. The molecule has 0 aliphatic rings. The second kappa shape index (κ2) is 14.4. The van der Waals surface area contributed by atoms with Gasteiger partial charge in [0.2, 0.25) is 0 Å². The molecule has 0 saturated carbocycles. The van der Waals surface area contributed by atoms with Gasteiger partial charge in [-0.3, -0.25) is 9.59 Å². The molecule has 2 N–H and O–H groups in total. The summed E-state index contributed by atoms with van der Waals surface area (Å²) < 4.78 is 4.52. The van der Waals surface area contributed by atoms with Gasteiger partial charge in [0.15, 0.2) is 5.75 Å². The third-order valence-corrected chi connectivity index (χ3v) is 5.69. The Kier molecular flexibility index (Phi) is 14.1. The number of phenols is 1. The number of carbonyl (C=O) groups is 2. The molecule has 5 nitrogen and oxygen atoms in total. The maximum atomic E-state index is 10.7. The van der Waals surface area contributed by atoms with Gasteiger partial charge < -0.3 is 14.9 Å². The first-order valence-electron chi connectivity index (χ1n) is 8.12. The topological polar surface area (TPSA) is 83.8 Å². The Balaban J connectivity index is 0.000000511. The Labute approximate surface area is 183 Å². The minimum absolute atomic E-state index is 0.00904. The highest BCUT2D eigenvalue weighted by atomic mass is 35.5. The average molecular weight is 483 g/mol. The van der Waals surface area contributed by atoms with Gasteiger partial charge in [0.05, 0.1) is 22.2 Å². The third-order valence-electron chi connectivity index (χ3n) is 3.44. The van der Waals surface area contributed by atoms with E-state index >= 15 is 0 Å². The lowest BCUT2D eigenvalue weighted by Gasteiger charge is -2.06. The average Bonchev–Trinajstić information content (AvgIpc) is 2.65. The molecule has 154 valence electrons. The molecular weight excluding hydrogens is 461 g/mol. The van der Waals surface area contributed by atoms with E-state index in [0.717, 1.165) is 38.5 Å². The van der Waals surface area contributed by atoms with Gasteiger partial charge in [-0.15, -0.1) is 0 Å². The van der Waals surface area contributed by atoms with Crippen molar-refractivity contribution in [3.8, 4) is 5.75 Å². The fraction of sp³-hybridized carbons (Fsp3) is 0.529. The zero-order valence-electron chi connectivity index (χ0n) is 14.7. The van der Waals surface area contributed by atoms with Crippen LogP contribution in [0.15, 0.2) is 0 Å². The number of carbonyl (C=O) groups excluding carboxylic acids is 1. The normalized spacial score (nSPS) is 10.1. The highest BCUT2D eigenvalue weighted by Crippen LogP contribution is 2.47. The van der Waals surface area contributed by atoms with Crippen LogP contribution in [0.25, 0.3) is 0 Å². The first-order chi connectivity index (χ1) is 12.6. The molecule has 1 aromatic carbocycles. The van der Waals surface area contributed by atoms with E-state index < -0.39 is 5.97 Å². The van der Waals surface area contributed by atoms with Gasteiger partial charge in [0.1, 0.15) is 10.0 Å². The van der Waals surface area contributed by atoms with Gasteiger partial charge in [-0.05, 0) is 12.8 Å². The molecule has 27 heavy (non-hydrogen) atoms. The summed E-state index contributed by atoms with van der Waals surface area (Å²) in [5.74, 6) is -1.24. The van der Waals surface area contributed by atoms with Gasteiger partial charge in [0, 0.05) is 12.8 Å². The number of aliphatic carboxylic acids is 1. The highest BCUT2D eigenvalue weighted by Gasteiger charge is 2.18. The molecule has 0 heterocycles. The highest BCUT2D eigenvalue weighted by molar-refractivity contribution is 6.55. The minimum Gasteiger partial charge on any atom is -0.505 e. The van der Waals surface area contributed by atoms with E-state index in [0.29, 0.717) is 6.42 Å². The number of benzene rings is 1. The number of hydrogen-bond donors (Lipinski definition) is 2. The molecular formula is C17H21Cl5O5. The summed E-state index contributed by atoms with van der Waals surface area (Å²) >= 11 is 27.9. The van der Waals surface area contributed by atoms with E-state index in [1.54, 1.807) is 0 Å². The Morgan fingerprint density at radius 3 is 1.52 bits per heavy atom. The number of carboxylic acids is 1. The predicted molar refractivity (Wildman–Crippen MR) is 110 cm³/mol. The van der Waals surface area contributed by atoms with Gasteiger partial charge in [0.25, 0.3) is 0 Å². The molecule has 0 aromatic heterocycles. The van der Waals surface area contributed by atoms with E-state index in [4.69, 9.17) is 63.1 Å². The second-order valence-electron chi connectivity index (χ2n) is 5.51. The molecule has 0 bridgehead atoms. The fourth-order valence-corrected chi connectivity index (χ4v) is 3.08. The number of phenolic OH excluding ortho intramolecular Hbond substituents is 1. The lowest BCUT2D eigenvalue weighted by atomic mass is 10.1. The number of ether oxygens (including phenoxy) is 1. The lowest BCUT2D eigenvalue weighted by molar-refractivity contribution is -0.141. The summed E-state index contributed by atoms with van der Waals surface area (Å²) in [4.78, 5) is 20.9. The van der Waals surface area contributed by atoms with Crippen LogP contribution in [0.5, 0.6) is 5.75 Å². The molecule has 0 fully saturated rings. The molecule has 1 aromatic rings. The summed E-state index contributed by atoms with van der Waals surface area (Å²) in [6, 6.07) is 0. The van der Waals surface area contributed by atoms with E-state index in [-0.39, 0.29) is 43.3 Å². The summed E-state index contributed by atoms with van der Waals surface area (Å²) in [7, 11) is 1.40. The van der Waals surface area contributed by atoms with Crippen molar-refractivity contribution in [2.45, 2.75) is 51.4 Å². The molecule has 0 amide bonds. The summed E-state index contributed by atoms with van der Waals surface area (Å²) in [5.41, 5.74) is 0. The number of aromatic hydroxyl groups is 1. The fourth-order valence-electron chi connectivity index (χ4n) is 1.95. The summed E-state index contributed by atoms with van der Waals surface area (Å²) in [5, 5.41) is 17.4. The molecule has 0 radical (unpaired) electrons. The largest absolute Gasteiger partial charge is 0.505 e. The van der Waals surface area contributed by atoms with Crippen molar-refractivity contribution in [3.05, 3.63) is 25.1 Å². The van der Waals surface area contributed by atoms with Gasteiger partial charge in [-0.1, -0.05) is 83.7 Å². The van der Waals surface area contributed by atoms with Crippen LogP contribution in [0.2, 0.25) is 25.1 Å². The Morgan fingerprint density at radius 1 is 0.741 bits per heavy atom. The molecule has 10 heteroatoms. The standard InChI is InChI=1S/C11H20O4.C6HCl5O/c1-15-11(14)9-7-5-3-2-4-6-8-10(12)13;7-1-2(8)4(10)6(12)5(11)3(1)9/h2-9H2,1H3,(H,12,13);12H. The van der Waals surface area contributed by atoms with Crippen LogP contribution in [0, 0.1) is 0 Å². The summed E-state index contributed by atoms with van der Waals surface area (Å²) in [6.45, 7) is 0. The number of hydrogen-bond acceptors (Lipinski definition) is 4. The Bertz CT molecular complexity index is 532. The lowest BCUT2D eigenvalue weighted by Crippen LogP contribution is -1.99. The third kappa shape index (κ3) is 10.5. The molecule has 0 atom stereocenters. The molecule has 0 aliphatic heterocycles. The van der Waals surface area contributed by atoms with Crippen molar-refractivity contribution in [2.75, 3.05) is 7.11 Å². The predicted octanol–water partition coefficient (Wildman–Crippen LogP) is 7.02. The molecule has 0 saturated heterocycles. The van der Waals surface area contributed by atoms with Gasteiger partial charge >= 0.3 is 11.9 Å². The molecule has 0 aliphatic carbocycles. The van der Waals surface area contributed by atoms with Crippen molar-refractivity contribution in [1.29, 1.82) is 0 Å². The SMILES string of the molecule is COC(=O)CCCCCCCCC(=O)O.Oc1c(Cl)c(Cl)c(Cl)c(Cl)c1Cl.